The summed E-state index contributed by atoms with van der Waals surface area (Å²) in [6, 6.07) is 6.05. The molecule has 0 saturated carbocycles. The van der Waals surface area contributed by atoms with Crippen LogP contribution in [0, 0.1) is 0 Å². The molecule has 16 heavy (non-hydrogen) atoms. The van der Waals surface area contributed by atoms with Gasteiger partial charge in [0.15, 0.2) is 0 Å². The highest BCUT2D eigenvalue weighted by molar-refractivity contribution is 5.96. The zero-order chi connectivity index (χ0) is 12.0. The lowest BCUT2D eigenvalue weighted by Crippen LogP contribution is -2.24. The average molecular weight is 220 g/mol. The molecule has 3 amide bonds. The topological polar surface area (TPSA) is 96.6 Å². The number of carbonyl (C=O) groups is 2. The summed E-state index contributed by atoms with van der Waals surface area (Å²) in [5.41, 5.74) is 8.10. The van der Waals surface area contributed by atoms with Crippen molar-refractivity contribution in [2.75, 3.05) is 7.05 Å². The Balaban J connectivity index is 2.78. The molecule has 0 aliphatic rings. The Morgan fingerprint density at radius 1 is 1.44 bits per heavy atom. The van der Waals surface area contributed by atoms with Crippen LogP contribution in [0.2, 0.25) is 0 Å². The van der Waals surface area contributed by atoms with Crippen LogP contribution in [0.5, 0.6) is 0 Å². The second kappa shape index (κ2) is 5.50. The third-order valence-corrected chi connectivity index (χ3v) is 1.76. The molecule has 0 radical (unpaired) electrons. The molecule has 6 heteroatoms. The number of hydrogen-bond acceptors (Lipinski definition) is 3. The lowest BCUT2D eigenvalue weighted by atomic mass is 10.1. The molecule has 0 unspecified atom stereocenters. The molecule has 0 aromatic heterocycles. The molecule has 0 fully saturated rings. The Morgan fingerprint density at radius 2 is 2.19 bits per heavy atom. The number of amides is 3. The number of nitrogens with two attached hydrogens (primary N) is 1. The van der Waals surface area contributed by atoms with Crippen molar-refractivity contribution in [3.05, 3.63) is 35.4 Å². The second-order valence-electron chi connectivity index (χ2n) is 2.94. The van der Waals surface area contributed by atoms with Crippen molar-refractivity contribution in [3.8, 4) is 0 Å². The maximum absolute atomic E-state index is 11.3. The molecule has 1 rings (SSSR count). The van der Waals surface area contributed by atoms with Crippen molar-refractivity contribution < 1.29 is 9.59 Å². The summed E-state index contributed by atoms with van der Waals surface area (Å²) < 4.78 is 0. The highest BCUT2D eigenvalue weighted by atomic mass is 16.2. The number of urea groups is 1. The third-order valence-electron chi connectivity index (χ3n) is 1.76. The van der Waals surface area contributed by atoms with E-state index in [2.05, 4.69) is 15.8 Å². The number of carbonyl (C=O) groups excluding carboxylic acids is 2. The normalized spacial score (nSPS) is 10.1. The molecular weight excluding hydrogens is 208 g/mol. The van der Waals surface area contributed by atoms with Crippen LogP contribution in [0.4, 0.5) is 4.79 Å². The van der Waals surface area contributed by atoms with Crippen LogP contribution >= 0.6 is 0 Å². The van der Waals surface area contributed by atoms with Gasteiger partial charge in [0, 0.05) is 12.6 Å². The molecule has 0 aliphatic heterocycles. The van der Waals surface area contributed by atoms with E-state index in [1.54, 1.807) is 31.3 Å². The largest absolute Gasteiger partial charge is 0.355 e. The van der Waals surface area contributed by atoms with Gasteiger partial charge in [0.2, 0.25) is 0 Å². The van der Waals surface area contributed by atoms with Gasteiger partial charge in [-0.2, -0.15) is 5.10 Å². The van der Waals surface area contributed by atoms with Gasteiger partial charge >= 0.3 is 6.03 Å². The zero-order valence-electron chi connectivity index (χ0n) is 8.73. The fourth-order valence-corrected chi connectivity index (χ4v) is 1.07. The van der Waals surface area contributed by atoms with Gasteiger partial charge in [-0.05, 0) is 17.7 Å². The predicted octanol–water partition coefficient (Wildman–Crippen LogP) is 0.0484. The second-order valence-corrected chi connectivity index (χ2v) is 2.94. The van der Waals surface area contributed by atoms with E-state index in [0.29, 0.717) is 11.1 Å². The molecule has 6 nitrogen and oxygen atoms in total. The van der Waals surface area contributed by atoms with Crippen LogP contribution in [0.25, 0.3) is 0 Å². The maximum Gasteiger partial charge on any atom is 0.332 e. The van der Waals surface area contributed by atoms with Gasteiger partial charge in [-0.3, -0.25) is 4.79 Å². The molecule has 4 N–H and O–H groups in total. The minimum absolute atomic E-state index is 0.182. The Bertz CT molecular complexity index is 429. The monoisotopic (exact) mass is 220 g/mol. The van der Waals surface area contributed by atoms with E-state index < -0.39 is 6.03 Å². The summed E-state index contributed by atoms with van der Waals surface area (Å²) >= 11 is 0. The van der Waals surface area contributed by atoms with Crippen LogP contribution in [-0.4, -0.2) is 25.2 Å². The minimum atomic E-state index is -0.737. The van der Waals surface area contributed by atoms with E-state index in [1.807, 2.05) is 0 Å². The zero-order valence-corrected chi connectivity index (χ0v) is 8.73. The summed E-state index contributed by atoms with van der Waals surface area (Å²) in [4.78, 5) is 21.6. The van der Waals surface area contributed by atoms with Crippen LogP contribution in [0.1, 0.15) is 15.9 Å². The molecule has 0 heterocycles. The standard InChI is InChI=1S/C10H12N4O2/c1-12-9(15)8-4-2-3-7(5-8)6-13-14-10(11)16/h2-6H,1H3,(H,12,15)(H3,11,14,16). The molecule has 1 aromatic rings. The maximum atomic E-state index is 11.3. The SMILES string of the molecule is CNC(=O)c1cccc(C=NNC(N)=O)c1. The first-order chi connectivity index (χ1) is 7.63. The smallest absolute Gasteiger partial charge is 0.332 e. The minimum Gasteiger partial charge on any atom is -0.355 e. The quantitative estimate of drug-likeness (QED) is 0.495. The van der Waals surface area contributed by atoms with Crippen molar-refractivity contribution in [1.29, 1.82) is 0 Å². The first kappa shape index (κ1) is 11.7. The molecular formula is C10H12N4O2. The summed E-state index contributed by atoms with van der Waals surface area (Å²) in [5.74, 6) is -0.182. The van der Waals surface area contributed by atoms with Gasteiger partial charge in [0.25, 0.3) is 5.91 Å². The molecule has 0 saturated heterocycles. The van der Waals surface area contributed by atoms with Gasteiger partial charge in [0.05, 0.1) is 6.21 Å². The molecule has 0 bridgehead atoms. The van der Waals surface area contributed by atoms with E-state index in [0.717, 1.165) is 0 Å². The van der Waals surface area contributed by atoms with Gasteiger partial charge in [0.1, 0.15) is 0 Å². The number of hydrazone groups is 1. The van der Waals surface area contributed by atoms with E-state index in [4.69, 9.17) is 5.73 Å². The summed E-state index contributed by atoms with van der Waals surface area (Å²) in [6.07, 6.45) is 1.40. The fraction of sp³-hybridized carbons (Fsp3) is 0.100. The number of nitrogens with one attached hydrogen (secondary N) is 2. The number of rotatable bonds is 3. The average Bonchev–Trinajstić information content (AvgIpc) is 2.28. The van der Waals surface area contributed by atoms with Gasteiger partial charge in [-0.1, -0.05) is 12.1 Å². The van der Waals surface area contributed by atoms with Gasteiger partial charge in [-0.25, -0.2) is 10.2 Å². The fourth-order valence-electron chi connectivity index (χ4n) is 1.07. The first-order valence-corrected chi connectivity index (χ1v) is 4.54. The Hall–Kier alpha value is -2.37. The molecule has 0 aliphatic carbocycles. The molecule has 0 atom stereocenters. The van der Waals surface area contributed by atoms with Crippen molar-refractivity contribution in [1.82, 2.24) is 10.7 Å². The highest BCUT2D eigenvalue weighted by Gasteiger charge is 2.01. The van der Waals surface area contributed by atoms with E-state index in [-0.39, 0.29) is 5.91 Å². The molecule has 0 spiro atoms. The van der Waals surface area contributed by atoms with Crippen LogP contribution in [-0.2, 0) is 0 Å². The summed E-state index contributed by atoms with van der Waals surface area (Å²) in [7, 11) is 1.55. The lowest BCUT2D eigenvalue weighted by Gasteiger charge is -2.00. The van der Waals surface area contributed by atoms with Gasteiger partial charge in [-0.15, -0.1) is 0 Å². The molecule has 84 valence electrons. The van der Waals surface area contributed by atoms with Crippen molar-refractivity contribution >= 4 is 18.2 Å². The number of nitrogens with zero attached hydrogens (tertiary/aromatic N) is 1. The van der Waals surface area contributed by atoms with Crippen molar-refractivity contribution in [3.63, 3.8) is 0 Å². The Kier molecular flexibility index (Phi) is 4.02. The Labute approximate surface area is 92.5 Å². The summed E-state index contributed by atoms with van der Waals surface area (Å²) in [6.45, 7) is 0. The highest BCUT2D eigenvalue weighted by Crippen LogP contribution is 2.02. The van der Waals surface area contributed by atoms with Crippen LogP contribution < -0.4 is 16.5 Å². The van der Waals surface area contributed by atoms with Crippen LogP contribution in [0.15, 0.2) is 29.4 Å². The summed E-state index contributed by atoms with van der Waals surface area (Å²) in [5, 5.41) is 6.10. The van der Waals surface area contributed by atoms with E-state index >= 15 is 0 Å². The number of primary amides is 1. The van der Waals surface area contributed by atoms with E-state index in [9.17, 15) is 9.59 Å². The van der Waals surface area contributed by atoms with Crippen molar-refractivity contribution in [2.24, 2.45) is 10.8 Å². The third kappa shape index (κ3) is 3.41. The first-order valence-electron chi connectivity index (χ1n) is 4.54. The van der Waals surface area contributed by atoms with Gasteiger partial charge < -0.3 is 11.1 Å². The number of hydrogen-bond donors (Lipinski definition) is 3. The Morgan fingerprint density at radius 3 is 2.81 bits per heavy atom. The van der Waals surface area contributed by atoms with E-state index in [1.165, 1.54) is 6.21 Å². The predicted molar refractivity (Wildman–Crippen MR) is 60.1 cm³/mol. The van der Waals surface area contributed by atoms with Crippen molar-refractivity contribution in [2.45, 2.75) is 0 Å². The van der Waals surface area contributed by atoms with Crippen LogP contribution in [0.3, 0.4) is 0 Å². The molecule has 1 aromatic carbocycles. The number of benzene rings is 1. The lowest BCUT2D eigenvalue weighted by molar-refractivity contribution is 0.0963.